The van der Waals surface area contributed by atoms with Gasteiger partial charge in [0.05, 0.1) is 60.7 Å². The number of amides is 3. The van der Waals surface area contributed by atoms with E-state index in [1.165, 1.54) is 14.2 Å². The monoisotopic (exact) mass is 925 g/mol. The van der Waals surface area contributed by atoms with E-state index in [0.29, 0.717) is 13.1 Å². The molecule has 5 aromatic rings. The molecular formula is C45H63N7O6S4. The molecule has 2 aliphatic heterocycles. The molecule has 62 heavy (non-hydrogen) atoms. The van der Waals surface area contributed by atoms with E-state index in [2.05, 4.69) is 63.8 Å². The van der Waals surface area contributed by atoms with Crippen molar-refractivity contribution in [3.63, 3.8) is 0 Å². The number of nitrogens with zero attached hydrogens (tertiary/aromatic N) is 4. The average Bonchev–Trinajstić information content (AvgIpc) is 4.02. The summed E-state index contributed by atoms with van der Waals surface area (Å²) in [5, 5.41) is 2.75. The molecule has 2 aliphatic rings. The lowest BCUT2D eigenvalue weighted by Crippen LogP contribution is -2.54. The van der Waals surface area contributed by atoms with Crippen molar-refractivity contribution in [2.24, 2.45) is 16.7 Å². The molecule has 4 atom stereocenters. The number of hydrogen-bond donors (Lipinski definition) is 3. The van der Waals surface area contributed by atoms with E-state index >= 15 is 0 Å². The number of nitrogens with one attached hydrogen (secondary N) is 3. The fourth-order valence-electron chi connectivity index (χ4n) is 8.42. The van der Waals surface area contributed by atoms with Crippen LogP contribution in [-0.2, 0) is 23.9 Å². The zero-order valence-electron chi connectivity index (χ0n) is 36.8. The normalized spacial score (nSPS) is 17.2. The molecular weight excluding hydrogens is 863 g/mol. The first kappa shape index (κ1) is 52.0. The van der Waals surface area contributed by atoms with E-state index in [0.717, 1.165) is 81.7 Å². The maximum Gasteiger partial charge on any atom is 0.407 e. The highest BCUT2D eigenvalue weighted by molar-refractivity contribution is 7.59. The number of carbonyl (C=O) groups excluding carboxylic acids is 4. The minimum atomic E-state index is -0.744. The number of alkyl carbamates (subject to hydrolysis) is 1. The number of fused-ring (bicyclic) bond motifs is 2. The van der Waals surface area contributed by atoms with Gasteiger partial charge in [-0.05, 0) is 83.0 Å². The van der Waals surface area contributed by atoms with Crippen molar-refractivity contribution in [1.82, 2.24) is 35.1 Å². The van der Waals surface area contributed by atoms with Gasteiger partial charge in [-0.15, -0.1) is 0 Å². The molecule has 13 nitrogen and oxygen atoms in total. The summed E-state index contributed by atoms with van der Waals surface area (Å²) in [7, 11) is 2.65. The van der Waals surface area contributed by atoms with Crippen molar-refractivity contribution < 1.29 is 28.7 Å². The van der Waals surface area contributed by atoms with Crippen molar-refractivity contribution in [3.8, 4) is 22.3 Å². The fourth-order valence-corrected chi connectivity index (χ4v) is 8.42. The Morgan fingerprint density at radius 1 is 0.661 bits per heavy atom. The van der Waals surface area contributed by atoms with Crippen LogP contribution in [0.2, 0.25) is 0 Å². The molecule has 0 bridgehead atoms. The second-order valence-electron chi connectivity index (χ2n) is 17.8. The number of rotatable bonds is 9. The first-order valence-corrected chi connectivity index (χ1v) is 20.2. The lowest BCUT2D eigenvalue weighted by Gasteiger charge is -2.34. The molecule has 3 N–H and O–H groups in total. The van der Waals surface area contributed by atoms with Crippen LogP contribution >= 0.6 is 54.0 Å². The summed E-state index contributed by atoms with van der Waals surface area (Å²) in [6.45, 7) is 12.9. The van der Waals surface area contributed by atoms with E-state index in [-0.39, 0.29) is 90.3 Å². The van der Waals surface area contributed by atoms with E-state index in [1.807, 2.05) is 63.5 Å². The summed E-state index contributed by atoms with van der Waals surface area (Å²) in [5.74, 6) is 0.423. The number of aromatic amines is 2. The van der Waals surface area contributed by atoms with Gasteiger partial charge in [-0.2, -0.15) is 54.0 Å². The fraction of sp³-hybridized carbons (Fsp3) is 0.467. The number of hydrogen-bond acceptors (Lipinski definition) is 8. The van der Waals surface area contributed by atoms with Gasteiger partial charge in [0, 0.05) is 13.1 Å². The van der Waals surface area contributed by atoms with Crippen molar-refractivity contribution in [2.45, 2.75) is 91.8 Å². The minimum Gasteiger partial charge on any atom is -0.469 e. The Balaban J connectivity index is 0.00000256. The van der Waals surface area contributed by atoms with Gasteiger partial charge in [0.15, 0.2) is 0 Å². The zero-order chi connectivity index (χ0) is 41.5. The number of H-pyrrole nitrogens is 2. The van der Waals surface area contributed by atoms with Gasteiger partial charge in [0.2, 0.25) is 11.8 Å². The van der Waals surface area contributed by atoms with Crippen molar-refractivity contribution in [1.29, 1.82) is 0 Å². The first-order chi connectivity index (χ1) is 27.5. The number of aromatic nitrogens is 4. The van der Waals surface area contributed by atoms with Crippen LogP contribution in [0, 0.1) is 16.7 Å². The van der Waals surface area contributed by atoms with E-state index < -0.39 is 28.9 Å². The quantitative estimate of drug-likeness (QED) is 0.124. The summed E-state index contributed by atoms with van der Waals surface area (Å²) in [4.78, 5) is 72.7. The highest BCUT2D eigenvalue weighted by atomic mass is 32.1. The van der Waals surface area contributed by atoms with Crippen molar-refractivity contribution in [3.05, 3.63) is 72.3 Å². The summed E-state index contributed by atoms with van der Waals surface area (Å²) in [6.07, 6.45) is 2.69. The average molecular weight is 926 g/mol. The van der Waals surface area contributed by atoms with Gasteiger partial charge in [0.25, 0.3) is 0 Å². The first-order valence-electron chi connectivity index (χ1n) is 20.2. The Labute approximate surface area is 392 Å². The van der Waals surface area contributed by atoms with Gasteiger partial charge >= 0.3 is 12.1 Å². The smallest absolute Gasteiger partial charge is 0.407 e. The second kappa shape index (κ2) is 20.9. The van der Waals surface area contributed by atoms with E-state index in [4.69, 9.17) is 19.4 Å². The highest BCUT2D eigenvalue weighted by Gasteiger charge is 2.42. The summed E-state index contributed by atoms with van der Waals surface area (Å²) in [5.41, 5.74) is 6.70. The lowest BCUT2D eigenvalue weighted by molar-refractivity contribution is -0.150. The van der Waals surface area contributed by atoms with Gasteiger partial charge in [-0.1, -0.05) is 77.9 Å². The molecule has 3 amide bonds. The van der Waals surface area contributed by atoms with Gasteiger partial charge in [0.1, 0.15) is 17.7 Å². The Bertz CT molecular complexity index is 2190. The molecule has 4 heterocycles. The van der Waals surface area contributed by atoms with E-state index in [9.17, 15) is 19.2 Å². The molecule has 0 unspecified atom stereocenters. The SMILES string of the molecule is COC(=O)C[C@H](C(=O)N1CCC[C@H]1c1nc2ccc(-c3ccc(-c4ccc5nc([C@@H]6CCCN6C(=O)[C@@H](NC(=O)OC)C(C)(C)C)[nH]c5c4)cc3)cc2[nH]1)C(C)(C)C.S.S.S.S. The Morgan fingerprint density at radius 3 is 1.50 bits per heavy atom. The summed E-state index contributed by atoms with van der Waals surface area (Å²) >= 11 is 0. The molecule has 7 rings (SSSR count). The molecule has 2 fully saturated rings. The van der Waals surface area contributed by atoms with Crippen LogP contribution in [0.5, 0.6) is 0 Å². The van der Waals surface area contributed by atoms with Crippen LogP contribution in [0.15, 0.2) is 60.7 Å². The number of methoxy groups -OCH3 is 2. The molecule has 0 spiro atoms. The largest absolute Gasteiger partial charge is 0.469 e. The predicted molar refractivity (Wildman–Crippen MR) is 264 cm³/mol. The minimum absolute atomic E-state index is 0. The standard InChI is InChI=1S/C45H55N7O6.4H2S/c1-44(2,3)30(25-37(53)57-7)41(54)51-21-9-11-35(51)39-46-31-19-17-28(23-33(31)48-39)26-13-15-27(16-14-26)29-18-20-32-34(24-29)49-40(47-32)36-12-10-22-52(36)42(55)38(45(4,5)6)50-43(56)58-8;;;;/h13-20,23-24,30,35-36,38H,9-12,21-22,25H2,1-8H3,(H,46,48)(H,47,49)(H,50,56);4*1H2/t30-,35+,36+,38-;;;;/m1..../s1. The van der Waals surface area contributed by atoms with Crippen LogP contribution in [0.1, 0.15) is 97.4 Å². The van der Waals surface area contributed by atoms with Crippen LogP contribution in [0.3, 0.4) is 0 Å². The van der Waals surface area contributed by atoms with Crippen LogP contribution in [0.25, 0.3) is 44.3 Å². The third kappa shape index (κ3) is 10.9. The molecule has 338 valence electrons. The van der Waals surface area contributed by atoms with Crippen molar-refractivity contribution >= 4 is 99.9 Å². The maximum atomic E-state index is 13.9. The predicted octanol–water partition coefficient (Wildman–Crippen LogP) is 8.55. The Morgan fingerprint density at radius 2 is 1.10 bits per heavy atom. The topological polar surface area (TPSA) is 163 Å². The molecule has 2 aromatic heterocycles. The van der Waals surface area contributed by atoms with Gasteiger partial charge in [-0.25, -0.2) is 14.8 Å². The van der Waals surface area contributed by atoms with Gasteiger partial charge < -0.3 is 34.6 Å². The third-order valence-electron chi connectivity index (χ3n) is 11.8. The molecule has 0 radical (unpaired) electrons. The van der Waals surface area contributed by atoms with Crippen LogP contribution < -0.4 is 5.32 Å². The van der Waals surface area contributed by atoms with E-state index in [1.54, 1.807) is 0 Å². The van der Waals surface area contributed by atoms with Gasteiger partial charge in [-0.3, -0.25) is 14.4 Å². The Hall–Kier alpha value is -4.32. The van der Waals surface area contributed by atoms with Crippen molar-refractivity contribution in [2.75, 3.05) is 27.3 Å². The molecule has 2 saturated heterocycles. The molecule has 3 aromatic carbocycles. The Kier molecular flexibility index (Phi) is 17.5. The number of benzene rings is 3. The summed E-state index contributed by atoms with van der Waals surface area (Å²) in [6, 6.07) is 19.6. The van der Waals surface area contributed by atoms with Crippen LogP contribution in [-0.4, -0.2) is 87.0 Å². The number of likely N-dealkylation sites (tertiary alicyclic amines) is 2. The zero-order valence-corrected chi connectivity index (χ0v) is 40.8. The van der Waals surface area contributed by atoms with Crippen LogP contribution in [0.4, 0.5) is 4.79 Å². The number of carbonyl (C=O) groups is 4. The number of imidazole rings is 2. The lowest BCUT2D eigenvalue weighted by atomic mass is 9.77. The summed E-state index contributed by atoms with van der Waals surface area (Å²) < 4.78 is 9.75. The number of ether oxygens (including phenoxy) is 2. The highest BCUT2D eigenvalue weighted by Crippen LogP contribution is 2.39. The molecule has 0 aliphatic carbocycles. The number of esters is 1. The maximum absolute atomic E-state index is 13.9. The third-order valence-corrected chi connectivity index (χ3v) is 11.8. The molecule has 0 saturated carbocycles. The second-order valence-corrected chi connectivity index (χ2v) is 17.8. The molecule has 17 heteroatoms.